The van der Waals surface area contributed by atoms with Crippen molar-refractivity contribution >= 4 is 0 Å². The summed E-state index contributed by atoms with van der Waals surface area (Å²) >= 11 is 0. The molecule has 3 nitrogen and oxygen atoms in total. The van der Waals surface area contributed by atoms with Gasteiger partial charge in [0.05, 0.1) is 19.3 Å². The predicted octanol–water partition coefficient (Wildman–Crippen LogP) is 1.09. The molecular formula is C10H21NO2. The lowest BCUT2D eigenvalue weighted by Crippen LogP contribution is -2.25. The molecule has 1 atom stereocenters. The first-order chi connectivity index (χ1) is 6.22. The van der Waals surface area contributed by atoms with Gasteiger partial charge in [-0.05, 0) is 6.42 Å². The number of nitrogens with two attached hydrogens (primary N) is 1. The van der Waals surface area contributed by atoms with Gasteiger partial charge in [-0.1, -0.05) is 19.1 Å². The fraction of sp³-hybridized carbons (Fsp3) is 0.600. The normalized spacial score (nSPS) is 11.0. The van der Waals surface area contributed by atoms with Crippen LogP contribution in [0.2, 0.25) is 0 Å². The Morgan fingerprint density at radius 2 is 2.00 bits per heavy atom. The zero-order valence-corrected chi connectivity index (χ0v) is 8.41. The van der Waals surface area contributed by atoms with Gasteiger partial charge in [-0.2, -0.15) is 0 Å². The lowest BCUT2D eigenvalue weighted by molar-refractivity contribution is 0.0544. The second-order valence-corrected chi connectivity index (χ2v) is 2.41. The van der Waals surface area contributed by atoms with Crippen LogP contribution in [0.4, 0.5) is 0 Å². The fourth-order valence-corrected chi connectivity index (χ4v) is 0.355. The molecule has 0 radical (unpaired) electrons. The van der Waals surface area contributed by atoms with Crippen LogP contribution >= 0.6 is 0 Å². The largest absolute Gasteiger partial charge is 0.389 e. The van der Waals surface area contributed by atoms with Gasteiger partial charge in [0.25, 0.3) is 0 Å². The third kappa shape index (κ3) is 18.4. The second-order valence-electron chi connectivity index (χ2n) is 2.41. The number of aliphatic hydroxyl groups excluding tert-OH is 1. The van der Waals surface area contributed by atoms with Crippen molar-refractivity contribution in [1.29, 1.82) is 0 Å². The van der Waals surface area contributed by atoms with E-state index in [0.717, 1.165) is 6.42 Å². The topological polar surface area (TPSA) is 55.5 Å². The molecule has 0 heterocycles. The summed E-state index contributed by atoms with van der Waals surface area (Å²) in [6.45, 7) is 10.00. The highest BCUT2D eigenvalue weighted by Gasteiger charge is 1.97. The molecule has 0 aliphatic carbocycles. The molecule has 0 aromatic rings. The summed E-state index contributed by atoms with van der Waals surface area (Å²) < 4.78 is 4.89. The molecule has 78 valence electrons. The van der Waals surface area contributed by atoms with E-state index >= 15 is 0 Å². The fourth-order valence-electron chi connectivity index (χ4n) is 0.355. The molecule has 0 amide bonds. The quantitative estimate of drug-likeness (QED) is 0.483. The Balaban J connectivity index is 0. The van der Waals surface area contributed by atoms with Crippen LogP contribution in [0.15, 0.2) is 25.3 Å². The first kappa shape index (κ1) is 14.9. The van der Waals surface area contributed by atoms with E-state index in [4.69, 9.17) is 15.6 Å². The van der Waals surface area contributed by atoms with Crippen LogP contribution in [0, 0.1) is 0 Å². The van der Waals surface area contributed by atoms with E-state index in [1.807, 2.05) is 6.08 Å². The van der Waals surface area contributed by atoms with Crippen LogP contribution in [0.5, 0.6) is 0 Å². The minimum absolute atomic E-state index is 0.247. The molecule has 0 bridgehead atoms. The number of aliphatic hydroxyl groups is 1. The average molecular weight is 187 g/mol. The monoisotopic (exact) mass is 187 g/mol. The number of allylic oxidation sites excluding steroid dienone is 1. The number of hydrogen-bond donors (Lipinski definition) is 2. The summed E-state index contributed by atoms with van der Waals surface area (Å²) in [5.74, 6) is 0. The van der Waals surface area contributed by atoms with Gasteiger partial charge in [0.15, 0.2) is 0 Å². The van der Waals surface area contributed by atoms with Crippen LogP contribution in [0.25, 0.3) is 0 Å². The van der Waals surface area contributed by atoms with E-state index in [1.54, 1.807) is 6.08 Å². The molecule has 0 aromatic carbocycles. The van der Waals surface area contributed by atoms with Crippen molar-refractivity contribution in [2.75, 3.05) is 19.8 Å². The maximum atomic E-state index is 8.80. The molecular weight excluding hydrogens is 166 g/mol. The Morgan fingerprint density at radius 3 is 2.31 bits per heavy atom. The predicted molar refractivity (Wildman–Crippen MR) is 56.6 cm³/mol. The Kier molecular flexibility index (Phi) is 15.9. The maximum absolute atomic E-state index is 8.80. The Hall–Kier alpha value is -0.640. The van der Waals surface area contributed by atoms with Crippen LogP contribution in [0.3, 0.4) is 0 Å². The van der Waals surface area contributed by atoms with Gasteiger partial charge in [-0.25, -0.2) is 0 Å². The molecule has 0 aromatic heterocycles. The summed E-state index contributed by atoms with van der Waals surface area (Å²) in [5.41, 5.74) is 5.10. The highest BCUT2D eigenvalue weighted by molar-refractivity contribution is 4.64. The SMILES string of the molecule is C=CCC.C=CCOCC(O)CN. The Morgan fingerprint density at radius 1 is 1.46 bits per heavy atom. The molecule has 3 heteroatoms. The molecule has 13 heavy (non-hydrogen) atoms. The highest BCUT2D eigenvalue weighted by Crippen LogP contribution is 1.81. The van der Waals surface area contributed by atoms with E-state index in [1.165, 1.54) is 0 Å². The molecule has 3 N–H and O–H groups in total. The molecule has 1 unspecified atom stereocenters. The first-order valence-electron chi connectivity index (χ1n) is 4.40. The van der Waals surface area contributed by atoms with Gasteiger partial charge in [-0.15, -0.1) is 13.2 Å². The van der Waals surface area contributed by atoms with E-state index in [0.29, 0.717) is 13.2 Å². The highest BCUT2D eigenvalue weighted by atomic mass is 16.5. The minimum atomic E-state index is -0.537. The third-order valence-corrected chi connectivity index (χ3v) is 1.11. The van der Waals surface area contributed by atoms with Crippen LogP contribution in [-0.2, 0) is 4.74 Å². The molecule has 0 saturated heterocycles. The van der Waals surface area contributed by atoms with Gasteiger partial charge in [0.2, 0.25) is 0 Å². The van der Waals surface area contributed by atoms with Crippen LogP contribution in [-0.4, -0.2) is 31.0 Å². The molecule has 0 aliphatic rings. The zero-order chi connectivity index (χ0) is 10.5. The van der Waals surface area contributed by atoms with Crippen molar-refractivity contribution < 1.29 is 9.84 Å². The van der Waals surface area contributed by atoms with Crippen molar-refractivity contribution in [1.82, 2.24) is 0 Å². The minimum Gasteiger partial charge on any atom is -0.389 e. The summed E-state index contributed by atoms with van der Waals surface area (Å²) in [6, 6.07) is 0. The van der Waals surface area contributed by atoms with Crippen molar-refractivity contribution in [2.24, 2.45) is 5.73 Å². The maximum Gasteiger partial charge on any atom is 0.0895 e. The second kappa shape index (κ2) is 13.9. The van der Waals surface area contributed by atoms with Gasteiger partial charge >= 0.3 is 0 Å². The summed E-state index contributed by atoms with van der Waals surface area (Å²) in [4.78, 5) is 0. The Labute approximate surface area is 80.9 Å². The summed E-state index contributed by atoms with van der Waals surface area (Å²) in [5, 5.41) is 8.80. The van der Waals surface area contributed by atoms with Crippen molar-refractivity contribution in [3.05, 3.63) is 25.3 Å². The zero-order valence-electron chi connectivity index (χ0n) is 8.41. The number of ether oxygens (including phenoxy) is 1. The van der Waals surface area contributed by atoms with Crippen LogP contribution in [0.1, 0.15) is 13.3 Å². The van der Waals surface area contributed by atoms with Gasteiger partial charge in [0.1, 0.15) is 0 Å². The van der Waals surface area contributed by atoms with Crippen LogP contribution < -0.4 is 5.73 Å². The van der Waals surface area contributed by atoms with E-state index in [-0.39, 0.29) is 6.54 Å². The molecule has 0 fully saturated rings. The van der Waals surface area contributed by atoms with Crippen molar-refractivity contribution in [3.8, 4) is 0 Å². The Bertz CT molecular complexity index is 115. The van der Waals surface area contributed by atoms with Gasteiger partial charge in [0, 0.05) is 6.54 Å². The van der Waals surface area contributed by atoms with Gasteiger partial charge in [-0.3, -0.25) is 0 Å². The van der Waals surface area contributed by atoms with E-state index in [2.05, 4.69) is 20.1 Å². The van der Waals surface area contributed by atoms with Gasteiger partial charge < -0.3 is 15.6 Å². The lowest BCUT2D eigenvalue weighted by atomic mass is 10.4. The smallest absolute Gasteiger partial charge is 0.0895 e. The number of hydrogen-bond acceptors (Lipinski definition) is 3. The summed E-state index contributed by atoms with van der Waals surface area (Å²) in [6.07, 6.45) is 4.05. The summed E-state index contributed by atoms with van der Waals surface area (Å²) in [7, 11) is 0. The van der Waals surface area contributed by atoms with Crippen molar-refractivity contribution in [2.45, 2.75) is 19.4 Å². The first-order valence-corrected chi connectivity index (χ1v) is 4.40. The molecule has 0 spiro atoms. The molecule has 0 rings (SSSR count). The molecule has 0 saturated carbocycles. The molecule has 0 aliphatic heterocycles. The van der Waals surface area contributed by atoms with E-state index in [9.17, 15) is 0 Å². The number of rotatable bonds is 6. The lowest BCUT2D eigenvalue weighted by Gasteiger charge is -2.05. The standard InChI is InChI=1S/C6H13NO2.C4H8/c1-2-3-9-5-6(8)4-7;1-3-4-2/h2,6,8H,1,3-5,7H2;3H,1,4H2,2H3. The van der Waals surface area contributed by atoms with E-state index < -0.39 is 6.10 Å². The average Bonchev–Trinajstić information content (AvgIpc) is 2.18. The van der Waals surface area contributed by atoms with Crippen molar-refractivity contribution in [3.63, 3.8) is 0 Å². The third-order valence-electron chi connectivity index (χ3n) is 1.11.